The first-order chi connectivity index (χ1) is 7.26. The molecule has 0 saturated carbocycles. The predicted molar refractivity (Wildman–Crippen MR) is 58.8 cm³/mol. The highest BCUT2D eigenvalue weighted by atomic mass is 16.5. The number of rotatable bonds is 5. The van der Waals surface area contributed by atoms with Gasteiger partial charge in [-0.1, -0.05) is 12.1 Å². The van der Waals surface area contributed by atoms with Crippen LogP contribution >= 0.6 is 0 Å². The summed E-state index contributed by atoms with van der Waals surface area (Å²) in [7, 11) is 1.61. The van der Waals surface area contributed by atoms with Crippen LogP contribution in [0.4, 0.5) is 0 Å². The van der Waals surface area contributed by atoms with Gasteiger partial charge in [0.15, 0.2) is 0 Å². The van der Waals surface area contributed by atoms with Gasteiger partial charge in [-0.15, -0.1) is 0 Å². The zero-order valence-electron chi connectivity index (χ0n) is 8.82. The van der Waals surface area contributed by atoms with Crippen LogP contribution in [-0.4, -0.2) is 26.1 Å². The number of carbonyl (C=O) groups excluding carboxylic acids is 1. The fourth-order valence-corrected chi connectivity index (χ4v) is 1.20. The van der Waals surface area contributed by atoms with E-state index in [4.69, 9.17) is 10.5 Å². The SMILES string of the molecule is COc1ccc(CC(=O)NCCN)cc1. The number of benzene rings is 1. The summed E-state index contributed by atoms with van der Waals surface area (Å²) in [6, 6.07) is 7.43. The van der Waals surface area contributed by atoms with Crippen molar-refractivity contribution in [1.82, 2.24) is 5.32 Å². The van der Waals surface area contributed by atoms with Gasteiger partial charge >= 0.3 is 0 Å². The molecular weight excluding hydrogens is 192 g/mol. The summed E-state index contributed by atoms with van der Waals surface area (Å²) >= 11 is 0. The third kappa shape index (κ3) is 3.99. The average molecular weight is 208 g/mol. The van der Waals surface area contributed by atoms with E-state index < -0.39 is 0 Å². The molecule has 0 radical (unpaired) electrons. The Morgan fingerprint density at radius 2 is 2.07 bits per heavy atom. The molecule has 1 aromatic rings. The van der Waals surface area contributed by atoms with E-state index in [2.05, 4.69) is 5.32 Å². The van der Waals surface area contributed by atoms with Crippen LogP contribution in [0.2, 0.25) is 0 Å². The van der Waals surface area contributed by atoms with Crippen molar-refractivity contribution in [2.75, 3.05) is 20.2 Å². The number of hydrogen-bond acceptors (Lipinski definition) is 3. The lowest BCUT2D eigenvalue weighted by atomic mass is 10.1. The normalized spacial score (nSPS) is 9.73. The van der Waals surface area contributed by atoms with E-state index in [0.717, 1.165) is 11.3 Å². The Balaban J connectivity index is 2.46. The lowest BCUT2D eigenvalue weighted by Crippen LogP contribution is -2.30. The standard InChI is InChI=1S/C11H16N2O2/c1-15-10-4-2-9(3-5-10)8-11(14)13-7-6-12/h2-5H,6-8,12H2,1H3,(H,13,14). The van der Waals surface area contributed by atoms with Gasteiger partial charge in [-0.25, -0.2) is 0 Å². The van der Waals surface area contributed by atoms with Gasteiger partial charge in [-0.3, -0.25) is 4.79 Å². The van der Waals surface area contributed by atoms with Crippen LogP contribution in [0.15, 0.2) is 24.3 Å². The summed E-state index contributed by atoms with van der Waals surface area (Å²) in [5.41, 5.74) is 6.24. The highest BCUT2D eigenvalue weighted by Crippen LogP contribution is 2.11. The minimum Gasteiger partial charge on any atom is -0.497 e. The number of carbonyl (C=O) groups is 1. The molecule has 0 heterocycles. The molecular formula is C11H16N2O2. The minimum atomic E-state index is -0.00869. The summed E-state index contributed by atoms with van der Waals surface area (Å²) in [6.07, 6.45) is 0.379. The predicted octanol–water partition coefficient (Wildman–Crippen LogP) is 0.313. The Morgan fingerprint density at radius 1 is 1.40 bits per heavy atom. The van der Waals surface area contributed by atoms with Gasteiger partial charge in [-0.05, 0) is 17.7 Å². The Morgan fingerprint density at radius 3 is 2.60 bits per heavy atom. The number of nitrogens with two attached hydrogens (primary N) is 1. The number of methoxy groups -OCH3 is 1. The molecule has 0 bridgehead atoms. The fourth-order valence-electron chi connectivity index (χ4n) is 1.20. The van der Waals surface area contributed by atoms with Crippen LogP contribution in [0.25, 0.3) is 0 Å². The number of amides is 1. The van der Waals surface area contributed by atoms with E-state index in [-0.39, 0.29) is 5.91 Å². The van der Waals surface area contributed by atoms with Gasteiger partial charge in [0.2, 0.25) is 5.91 Å². The first-order valence-electron chi connectivity index (χ1n) is 4.86. The molecule has 0 aliphatic rings. The van der Waals surface area contributed by atoms with Gasteiger partial charge < -0.3 is 15.8 Å². The van der Waals surface area contributed by atoms with Crippen molar-refractivity contribution in [1.29, 1.82) is 0 Å². The Kier molecular flexibility index (Phi) is 4.63. The van der Waals surface area contributed by atoms with Crippen molar-refractivity contribution >= 4 is 5.91 Å². The maximum Gasteiger partial charge on any atom is 0.224 e. The largest absolute Gasteiger partial charge is 0.497 e. The molecule has 3 N–H and O–H groups in total. The van der Waals surface area contributed by atoms with E-state index in [9.17, 15) is 4.79 Å². The molecule has 4 nitrogen and oxygen atoms in total. The number of hydrogen-bond donors (Lipinski definition) is 2. The minimum absolute atomic E-state index is 0.00869. The Labute approximate surface area is 89.4 Å². The van der Waals surface area contributed by atoms with Gasteiger partial charge in [0.25, 0.3) is 0 Å². The lowest BCUT2D eigenvalue weighted by molar-refractivity contribution is -0.120. The third-order valence-electron chi connectivity index (χ3n) is 1.99. The summed E-state index contributed by atoms with van der Waals surface area (Å²) in [6.45, 7) is 0.989. The van der Waals surface area contributed by atoms with E-state index in [0.29, 0.717) is 19.5 Å². The van der Waals surface area contributed by atoms with Crippen LogP contribution in [0, 0.1) is 0 Å². The van der Waals surface area contributed by atoms with Crippen molar-refractivity contribution in [3.8, 4) is 5.75 Å². The van der Waals surface area contributed by atoms with Crippen molar-refractivity contribution < 1.29 is 9.53 Å². The smallest absolute Gasteiger partial charge is 0.224 e. The van der Waals surface area contributed by atoms with Gasteiger partial charge in [0.05, 0.1) is 13.5 Å². The quantitative estimate of drug-likeness (QED) is 0.732. The Hall–Kier alpha value is -1.55. The topological polar surface area (TPSA) is 64.3 Å². The zero-order valence-corrected chi connectivity index (χ0v) is 8.82. The molecule has 0 aromatic heterocycles. The second-order valence-electron chi connectivity index (χ2n) is 3.16. The first kappa shape index (κ1) is 11.5. The molecule has 0 unspecified atom stereocenters. The Bertz CT molecular complexity index is 309. The molecule has 82 valence electrons. The van der Waals surface area contributed by atoms with Crippen molar-refractivity contribution in [2.45, 2.75) is 6.42 Å². The number of ether oxygens (including phenoxy) is 1. The van der Waals surface area contributed by atoms with Gasteiger partial charge in [-0.2, -0.15) is 0 Å². The summed E-state index contributed by atoms with van der Waals surface area (Å²) in [5, 5.41) is 2.71. The van der Waals surface area contributed by atoms with Crippen molar-refractivity contribution in [2.24, 2.45) is 5.73 Å². The second kappa shape index (κ2) is 6.03. The third-order valence-corrected chi connectivity index (χ3v) is 1.99. The van der Waals surface area contributed by atoms with Crippen molar-refractivity contribution in [3.63, 3.8) is 0 Å². The lowest BCUT2D eigenvalue weighted by Gasteiger charge is -2.04. The first-order valence-corrected chi connectivity index (χ1v) is 4.86. The molecule has 0 fully saturated rings. The maximum absolute atomic E-state index is 11.3. The highest BCUT2D eigenvalue weighted by molar-refractivity contribution is 5.78. The molecule has 1 aromatic carbocycles. The van der Waals surface area contributed by atoms with Gasteiger partial charge in [0, 0.05) is 13.1 Å². The molecule has 0 aliphatic carbocycles. The molecule has 4 heteroatoms. The van der Waals surface area contributed by atoms with Crippen LogP contribution < -0.4 is 15.8 Å². The van der Waals surface area contributed by atoms with Crippen LogP contribution in [-0.2, 0) is 11.2 Å². The van der Waals surface area contributed by atoms with E-state index >= 15 is 0 Å². The molecule has 15 heavy (non-hydrogen) atoms. The molecule has 1 rings (SSSR count). The summed E-state index contributed by atoms with van der Waals surface area (Å²) in [5.74, 6) is 0.784. The number of nitrogens with one attached hydrogen (secondary N) is 1. The molecule has 0 aliphatic heterocycles. The average Bonchev–Trinajstić information content (AvgIpc) is 2.27. The van der Waals surface area contributed by atoms with E-state index in [1.807, 2.05) is 24.3 Å². The van der Waals surface area contributed by atoms with E-state index in [1.54, 1.807) is 7.11 Å². The van der Waals surface area contributed by atoms with Crippen LogP contribution in [0.1, 0.15) is 5.56 Å². The van der Waals surface area contributed by atoms with Gasteiger partial charge in [0.1, 0.15) is 5.75 Å². The van der Waals surface area contributed by atoms with Crippen LogP contribution in [0.5, 0.6) is 5.75 Å². The van der Waals surface area contributed by atoms with E-state index in [1.165, 1.54) is 0 Å². The zero-order chi connectivity index (χ0) is 11.1. The van der Waals surface area contributed by atoms with Crippen molar-refractivity contribution in [3.05, 3.63) is 29.8 Å². The molecule has 0 atom stereocenters. The fraction of sp³-hybridized carbons (Fsp3) is 0.364. The van der Waals surface area contributed by atoms with Crippen LogP contribution in [0.3, 0.4) is 0 Å². The highest BCUT2D eigenvalue weighted by Gasteiger charge is 2.02. The monoisotopic (exact) mass is 208 g/mol. The second-order valence-corrected chi connectivity index (χ2v) is 3.16. The molecule has 0 saturated heterocycles. The summed E-state index contributed by atoms with van der Waals surface area (Å²) < 4.78 is 5.02. The summed E-state index contributed by atoms with van der Waals surface area (Å²) in [4.78, 5) is 11.3. The maximum atomic E-state index is 11.3. The molecule has 1 amide bonds. The molecule has 0 spiro atoms.